The Balaban J connectivity index is 1.64. The molecule has 0 aliphatic heterocycles. The number of imidazole rings is 1. The molecule has 0 unspecified atom stereocenters. The molecule has 9 nitrogen and oxygen atoms in total. The van der Waals surface area contributed by atoms with Gasteiger partial charge in [-0.25, -0.2) is 27.5 Å². The predicted molar refractivity (Wildman–Crippen MR) is 110 cm³/mol. The van der Waals surface area contributed by atoms with Crippen molar-refractivity contribution in [1.29, 1.82) is 0 Å². The van der Waals surface area contributed by atoms with E-state index in [-0.39, 0.29) is 22.9 Å². The second kappa shape index (κ2) is 8.20. The molecule has 0 aliphatic rings. The molecule has 0 amide bonds. The van der Waals surface area contributed by atoms with Gasteiger partial charge in [0, 0.05) is 18.3 Å². The van der Waals surface area contributed by atoms with Crippen LogP contribution in [-0.4, -0.2) is 27.9 Å². The number of sulfonamides is 1. The normalized spacial score (nSPS) is 11.6. The number of hydrogen-bond acceptors (Lipinski definition) is 6. The molecule has 0 aliphatic carbocycles. The Labute approximate surface area is 176 Å². The summed E-state index contributed by atoms with van der Waals surface area (Å²) in [6.45, 7) is 0.143. The van der Waals surface area contributed by atoms with Gasteiger partial charge in [-0.1, -0.05) is 18.2 Å². The fourth-order valence-electron chi connectivity index (χ4n) is 3.09. The highest BCUT2D eigenvalue weighted by atomic mass is 32.2. The Morgan fingerprint density at radius 3 is 2.61 bits per heavy atom. The van der Waals surface area contributed by atoms with E-state index in [1.54, 1.807) is 35.0 Å². The van der Waals surface area contributed by atoms with Crippen LogP contribution in [0.25, 0.3) is 11.2 Å². The van der Waals surface area contributed by atoms with Gasteiger partial charge < -0.3 is 4.57 Å². The highest BCUT2D eigenvalue weighted by Crippen LogP contribution is 2.19. The zero-order valence-corrected chi connectivity index (χ0v) is 16.8. The first kappa shape index (κ1) is 20.6. The zero-order chi connectivity index (χ0) is 22.0. The van der Waals surface area contributed by atoms with Crippen LogP contribution < -0.4 is 4.72 Å². The van der Waals surface area contributed by atoms with Crippen molar-refractivity contribution < 1.29 is 17.7 Å². The first-order valence-electron chi connectivity index (χ1n) is 9.12. The van der Waals surface area contributed by atoms with Crippen LogP contribution in [0.5, 0.6) is 0 Å². The van der Waals surface area contributed by atoms with Gasteiger partial charge in [-0.05, 0) is 35.9 Å². The van der Waals surface area contributed by atoms with Gasteiger partial charge in [0.25, 0.3) is 5.69 Å². The maximum atomic E-state index is 13.2. The number of nitro benzene ring substituents is 1. The smallest absolute Gasteiger partial charge is 0.270 e. The molecule has 158 valence electrons. The molecule has 0 bridgehead atoms. The molecule has 2 aromatic carbocycles. The highest BCUT2D eigenvalue weighted by molar-refractivity contribution is 7.89. The van der Waals surface area contributed by atoms with Gasteiger partial charge in [0.05, 0.1) is 22.9 Å². The third-order valence-electron chi connectivity index (χ3n) is 4.60. The van der Waals surface area contributed by atoms with Gasteiger partial charge in [-0.3, -0.25) is 10.1 Å². The second-order valence-corrected chi connectivity index (χ2v) is 8.43. The minimum atomic E-state index is -4.02. The number of nitrogens with one attached hydrogen (secondary N) is 1. The highest BCUT2D eigenvalue weighted by Gasteiger charge is 2.20. The van der Waals surface area contributed by atoms with E-state index >= 15 is 0 Å². The molecule has 0 atom stereocenters. The molecule has 0 saturated heterocycles. The molecule has 11 heteroatoms. The molecule has 0 spiro atoms. The van der Waals surface area contributed by atoms with E-state index in [1.165, 1.54) is 30.3 Å². The Hall–Kier alpha value is -3.70. The molecule has 0 radical (unpaired) electrons. The Kier molecular flexibility index (Phi) is 5.44. The molecular weight excluding hydrogens is 425 g/mol. The molecule has 1 N–H and O–H groups in total. The fraction of sp³-hybridized carbons (Fsp3) is 0.100. The number of non-ortho nitro benzene ring substituents is 1. The van der Waals surface area contributed by atoms with Crippen molar-refractivity contribution in [3.8, 4) is 0 Å². The zero-order valence-electron chi connectivity index (χ0n) is 16.0. The minimum Gasteiger partial charge on any atom is -0.307 e. The number of nitrogens with zero attached hydrogens (tertiary/aromatic N) is 4. The summed E-state index contributed by atoms with van der Waals surface area (Å²) in [6, 6.07) is 14.2. The van der Waals surface area contributed by atoms with E-state index in [0.717, 1.165) is 11.6 Å². The van der Waals surface area contributed by atoms with Gasteiger partial charge in [-0.15, -0.1) is 0 Å². The van der Waals surface area contributed by atoms with E-state index in [2.05, 4.69) is 14.7 Å². The van der Waals surface area contributed by atoms with Crippen molar-refractivity contribution in [2.45, 2.75) is 18.0 Å². The van der Waals surface area contributed by atoms with Crippen LogP contribution in [0.4, 0.5) is 10.1 Å². The summed E-state index contributed by atoms with van der Waals surface area (Å²) >= 11 is 0. The minimum absolute atomic E-state index is 0.164. The summed E-state index contributed by atoms with van der Waals surface area (Å²) in [5.74, 6) is 0.0364. The van der Waals surface area contributed by atoms with E-state index in [4.69, 9.17) is 0 Å². The molecule has 2 heterocycles. The topological polar surface area (TPSA) is 120 Å². The van der Waals surface area contributed by atoms with Crippen LogP contribution in [0.1, 0.15) is 11.4 Å². The van der Waals surface area contributed by atoms with Crippen LogP contribution in [0.3, 0.4) is 0 Å². The van der Waals surface area contributed by atoms with Gasteiger partial charge >= 0.3 is 0 Å². The third kappa shape index (κ3) is 4.42. The van der Waals surface area contributed by atoms with Gasteiger partial charge in [0.2, 0.25) is 10.0 Å². The number of hydrogen-bond donors (Lipinski definition) is 1. The lowest BCUT2D eigenvalue weighted by Crippen LogP contribution is -2.25. The van der Waals surface area contributed by atoms with Crippen molar-refractivity contribution in [2.24, 2.45) is 0 Å². The maximum Gasteiger partial charge on any atom is 0.270 e. The summed E-state index contributed by atoms with van der Waals surface area (Å²) in [6.07, 6.45) is 1.60. The number of aromatic nitrogens is 3. The van der Waals surface area contributed by atoms with E-state index in [1.807, 2.05) is 0 Å². The number of halogens is 1. The molecule has 0 saturated carbocycles. The monoisotopic (exact) mass is 441 g/mol. The van der Waals surface area contributed by atoms with E-state index < -0.39 is 14.9 Å². The van der Waals surface area contributed by atoms with Crippen LogP contribution >= 0.6 is 0 Å². The standard InChI is InChI=1S/C20H16FN5O4S/c21-15-8-6-14(7-9-15)13-25-19(24-18-5-2-10-22-20(18)25)12-23-31(29,30)17-4-1-3-16(11-17)26(27)28/h1-11,23H,12-13H2. The second-order valence-electron chi connectivity index (χ2n) is 6.67. The van der Waals surface area contributed by atoms with Crippen molar-refractivity contribution in [1.82, 2.24) is 19.3 Å². The summed E-state index contributed by atoms with van der Waals surface area (Å²) in [7, 11) is -4.02. The molecule has 4 aromatic rings. The van der Waals surface area contributed by atoms with Crippen molar-refractivity contribution in [2.75, 3.05) is 0 Å². The quantitative estimate of drug-likeness (QED) is 0.348. The number of benzene rings is 2. The Bertz CT molecular complexity index is 1370. The largest absolute Gasteiger partial charge is 0.307 e. The first-order valence-corrected chi connectivity index (χ1v) is 10.6. The van der Waals surface area contributed by atoms with Crippen molar-refractivity contribution in [3.63, 3.8) is 0 Å². The summed E-state index contributed by atoms with van der Waals surface area (Å²) in [4.78, 5) is 18.8. The predicted octanol–water partition coefficient (Wildman–Crippen LogP) is 3.01. The van der Waals surface area contributed by atoms with E-state index in [9.17, 15) is 22.9 Å². The lowest BCUT2D eigenvalue weighted by molar-refractivity contribution is -0.385. The third-order valence-corrected chi connectivity index (χ3v) is 5.99. The summed E-state index contributed by atoms with van der Waals surface area (Å²) in [5, 5.41) is 10.9. The van der Waals surface area contributed by atoms with Gasteiger partial charge in [0.15, 0.2) is 5.65 Å². The van der Waals surface area contributed by atoms with Crippen LogP contribution in [0, 0.1) is 15.9 Å². The Morgan fingerprint density at radius 1 is 1.10 bits per heavy atom. The molecule has 0 fully saturated rings. The van der Waals surface area contributed by atoms with Crippen LogP contribution in [-0.2, 0) is 23.1 Å². The SMILES string of the molecule is O=[N+]([O-])c1cccc(S(=O)(=O)NCc2nc3cccnc3n2Cc2ccc(F)cc2)c1. The summed E-state index contributed by atoms with van der Waals surface area (Å²) < 4.78 is 42.8. The van der Waals surface area contributed by atoms with Gasteiger partial charge in [0.1, 0.15) is 17.2 Å². The van der Waals surface area contributed by atoms with Gasteiger partial charge in [-0.2, -0.15) is 0 Å². The van der Waals surface area contributed by atoms with Crippen LogP contribution in [0.15, 0.2) is 71.8 Å². The molecular formula is C20H16FN5O4S. The van der Waals surface area contributed by atoms with E-state index in [0.29, 0.717) is 23.5 Å². The number of pyridine rings is 1. The van der Waals surface area contributed by atoms with Crippen molar-refractivity contribution >= 4 is 26.9 Å². The first-order chi connectivity index (χ1) is 14.8. The molecule has 4 rings (SSSR count). The van der Waals surface area contributed by atoms with Crippen LogP contribution in [0.2, 0.25) is 0 Å². The lowest BCUT2D eigenvalue weighted by atomic mass is 10.2. The average Bonchev–Trinajstić information content (AvgIpc) is 3.11. The number of nitro groups is 1. The molecule has 31 heavy (non-hydrogen) atoms. The number of rotatable bonds is 7. The average molecular weight is 441 g/mol. The fourth-order valence-corrected chi connectivity index (χ4v) is 4.11. The lowest BCUT2D eigenvalue weighted by Gasteiger charge is -2.10. The van der Waals surface area contributed by atoms with Crippen molar-refractivity contribution in [3.05, 3.63) is 94.2 Å². The Morgan fingerprint density at radius 2 is 1.87 bits per heavy atom. The number of fused-ring (bicyclic) bond motifs is 1. The molecule has 2 aromatic heterocycles. The maximum absolute atomic E-state index is 13.2. The summed E-state index contributed by atoms with van der Waals surface area (Å²) in [5.41, 5.74) is 1.59.